The van der Waals surface area contributed by atoms with Gasteiger partial charge in [0, 0.05) is 19.3 Å². The van der Waals surface area contributed by atoms with Crippen LogP contribution in [0.5, 0.6) is 0 Å². The van der Waals surface area contributed by atoms with Crippen LogP contribution in [0.3, 0.4) is 0 Å². The SMILES string of the molecule is NC(=S)c1c(F)cccc1S(=O)(=O)NC1CCOCC1. The quantitative estimate of drug-likeness (QED) is 0.807. The molecule has 0 aromatic heterocycles. The van der Waals surface area contributed by atoms with E-state index in [1.807, 2.05) is 0 Å². The fourth-order valence-corrected chi connectivity index (χ4v) is 3.87. The van der Waals surface area contributed by atoms with Gasteiger partial charge in [-0.1, -0.05) is 18.3 Å². The van der Waals surface area contributed by atoms with Crippen LogP contribution in [0.1, 0.15) is 18.4 Å². The highest BCUT2D eigenvalue weighted by Crippen LogP contribution is 2.20. The summed E-state index contributed by atoms with van der Waals surface area (Å²) in [4.78, 5) is -0.507. The number of thiocarbonyl (C=S) groups is 1. The highest BCUT2D eigenvalue weighted by molar-refractivity contribution is 7.89. The monoisotopic (exact) mass is 318 g/mol. The number of nitrogens with two attached hydrogens (primary N) is 1. The van der Waals surface area contributed by atoms with E-state index in [1.165, 1.54) is 12.1 Å². The van der Waals surface area contributed by atoms with E-state index >= 15 is 0 Å². The molecule has 0 aliphatic carbocycles. The predicted molar refractivity (Wildman–Crippen MR) is 76.4 cm³/mol. The summed E-state index contributed by atoms with van der Waals surface area (Å²) < 4.78 is 46.1. The number of hydrogen-bond acceptors (Lipinski definition) is 4. The summed E-state index contributed by atoms with van der Waals surface area (Å²) in [5, 5.41) is 0. The maximum absolute atomic E-state index is 13.7. The lowest BCUT2D eigenvalue weighted by Crippen LogP contribution is -2.39. The molecule has 1 aliphatic heterocycles. The van der Waals surface area contributed by atoms with Crippen LogP contribution in [0.15, 0.2) is 23.1 Å². The Balaban J connectivity index is 2.34. The Hall–Kier alpha value is -1.09. The molecule has 1 aliphatic rings. The molecule has 0 saturated carbocycles. The van der Waals surface area contributed by atoms with Gasteiger partial charge in [-0.15, -0.1) is 0 Å². The van der Waals surface area contributed by atoms with Crippen molar-refractivity contribution < 1.29 is 17.5 Å². The summed E-state index contributed by atoms with van der Waals surface area (Å²) in [5.74, 6) is -0.743. The lowest BCUT2D eigenvalue weighted by atomic mass is 10.1. The summed E-state index contributed by atoms with van der Waals surface area (Å²) in [6, 6.07) is 3.51. The van der Waals surface area contributed by atoms with Crippen LogP contribution in [0.4, 0.5) is 4.39 Å². The zero-order valence-corrected chi connectivity index (χ0v) is 12.3. The molecule has 5 nitrogen and oxygen atoms in total. The first-order valence-electron chi connectivity index (χ1n) is 6.10. The van der Waals surface area contributed by atoms with Crippen LogP contribution in [0.25, 0.3) is 0 Å². The third-order valence-electron chi connectivity index (χ3n) is 3.05. The molecule has 0 unspecified atom stereocenters. The largest absolute Gasteiger partial charge is 0.389 e. The van der Waals surface area contributed by atoms with E-state index < -0.39 is 15.8 Å². The molecule has 0 spiro atoms. The molecule has 8 heteroatoms. The molecule has 110 valence electrons. The minimum absolute atomic E-state index is 0.225. The zero-order chi connectivity index (χ0) is 14.8. The van der Waals surface area contributed by atoms with E-state index in [2.05, 4.69) is 4.72 Å². The van der Waals surface area contributed by atoms with Gasteiger partial charge in [-0.3, -0.25) is 0 Å². The Labute approximate surface area is 122 Å². The molecule has 0 bridgehead atoms. The van der Waals surface area contributed by atoms with Gasteiger partial charge >= 0.3 is 0 Å². The van der Waals surface area contributed by atoms with Crippen LogP contribution >= 0.6 is 12.2 Å². The van der Waals surface area contributed by atoms with Crippen molar-refractivity contribution in [3.8, 4) is 0 Å². The maximum Gasteiger partial charge on any atom is 0.241 e. The summed E-state index contributed by atoms with van der Waals surface area (Å²) in [6.07, 6.45) is 1.16. The van der Waals surface area contributed by atoms with Crippen molar-refractivity contribution >= 4 is 27.2 Å². The third kappa shape index (κ3) is 3.32. The van der Waals surface area contributed by atoms with Crippen LogP contribution < -0.4 is 10.5 Å². The van der Waals surface area contributed by atoms with E-state index in [0.717, 1.165) is 6.07 Å². The van der Waals surface area contributed by atoms with Gasteiger partial charge in [-0.25, -0.2) is 17.5 Å². The Morgan fingerprint density at radius 3 is 2.65 bits per heavy atom. The molecule has 1 heterocycles. The minimum Gasteiger partial charge on any atom is -0.389 e. The van der Waals surface area contributed by atoms with Gasteiger partial charge in [-0.2, -0.15) is 0 Å². The maximum atomic E-state index is 13.7. The summed E-state index contributed by atoms with van der Waals surface area (Å²) in [5.41, 5.74) is 5.18. The minimum atomic E-state index is -3.87. The van der Waals surface area contributed by atoms with Crippen molar-refractivity contribution in [1.29, 1.82) is 0 Å². The highest BCUT2D eigenvalue weighted by Gasteiger charge is 2.26. The van der Waals surface area contributed by atoms with Gasteiger partial charge in [0.2, 0.25) is 10.0 Å². The van der Waals surface area contributed by atoms with Gasteiger partial charge < -0.3 is 10.5 Å². The lowest BCUT2D eigenvalue weighted by Gasteiger charge is -2.23. The molecule has 0 radical (unpaired) electrons. The Morgan fingerprint density at radius 1 is 1.40 bits per heavy atom. The van der Waals surface area contributed by atoms with Crippen molar-refractivity contribution in [3.63, 3.8) is 0 Å². The average Bonchev–Trinajstić information content (AvgIpc) is 2.38. The first-order valence-corrected chi connectivity index (χ1v) is 7.99. The van der Waals surface area contributed by atoms with E-state index in [4.69, 9.17) is 22.7 Å². The molecular weight excluding hydrogens is 303 g/mol. The molecule has 0 amide bonds. The second-order valence-corrected chi connectivity index (χ2v) is 6.61. The van der Waals surface area contributed by atoms with E-state index in [1.54, 1.807) is 0 Å². The van der Waals surface area contributed by atoms with Crippen LogP contribution in [-0.2, 0) is 14.8 Å². The zero-order valence-electron chi connectivity index (χ0n) is 10.6. The van der Waals surface area contributed by atoms with Crippen molar-refractivity contribution in [1.82, 2.24) is 4.72 Å². The third-order valence-corrected chi connectivity index (χ3v) is 4.82. The van der Waals surface area contributed by atoms with Gasteiger partial charge in [0.1, 0.15) is 10.8 Å². The highest BCUT2D eigenvalue weighted by atomic mass is 32.2. The van der Waals surface area contributed by atoms with E-state index in [-0.39, 0.29) is 21.5 Å². The van der Waals surface area contributed by atoms with Crippen LogP contribution in [0, 0.1) is 5.82 Å². The second-order valence-electron chi connectivity index (χ2n) is 4.49. The number of benzene rings is 1. The first kappa shape index (κ1) is 15.3. The Kier molecular flexibility index (Phi) is 4.69. The van der Waals surface area contributed by atoms with E-state index in [0.29, 0.717) is 26.1 Å². The summed E-state index contributed by atoms with van der Waals surface area (Å²) in [6.45, 7) is 0.997. The van der Waals surface area contributed by atoms with Crippen LogP contribution in [-0.4, -0.2) is 32.7 Å². The second kappa shape index (κ2) is 6.13. The van der Waals surface area contributed by atoms with Crippen molar-refractivity contribution in [2.24, 2.45) is 5.73 Å². The molecule has 1 aromatic rings. The van der Waals surface area contributed by atoms with Crippen LogP contribution in [0.2, 0.25) is 0 Å². The number of sulfonamides is 1. The Morgan fingerprint density at radius 2 is 2.05 bits per heavy atom. The molecular formula is C12H15FN2O3S2. The lowest BCUT2D eigenvalue weighted by molar-refractivity contribution is 0.0832. The van der Waals surface area contributed by atoms with Gasteiger partial charge in [0.05, 0.1) is 10.5 Å². The Bertz CT molecular complexity index is 613. The van der Waals surface area contributed by atoms with Crippen molar-refractivity contribution in [2.75, 3.05) is 13.2 Å². The molecule has 0 atom stereocenters. The van der Waals surface area contributed by atoms with Gasteiger partial charge in [-0.05, 0) is 25.0 Å². The standard InChI is InChI=1S/C12H15FN2O3S2/c13-9-2-1-3-10(11(9)12(14)19)20(16,17)15-8-4-6-18-7-5-8/h1-3,8,15H,4-7H2,(H2,14,19). The van der Waals surface area contributed by atoms with Gasteiger partial charge in [0.15, 0.2) is 0 Å². The van der Waals surface area contributed by atoms with Crippen molar-refractivity contribution in [3.05, 3.63) is 29.6 Å². The van der Waals surface area contributed by atoms with Crippen molar-refractivity contribution in [2.45, 2.75) is 23.8 Å². The number of rotatable bonds is 4. The normalized spacial score (nSPS) is 17.1. The summed E-state index contributed by atoms with van der Waals surface area (Å²) >= 11 is 4.74. The molecule has 20 heavy (non-hydrogen) atoms. The molecule has 3 N–H and O–H groups in total. The first-order chi connectivity index (χ1) is 9.42. The molecule has 1 saturated heterocycles. The smallest absolute Gasteiger partial charge is 0.241 e. The fraction of sp³-hybridized carbons (Fsp3) is 0.417. The fourth-order valence-electron chi connectivity index (χ4n) is 2.07. The summed E-state index contributed by atoms with van der Waals surface area (Å²) in [7, 11) is -3.87. The number of ether oxygens (including phenoxy) is 1. The topological polar surface area (TPSA) is 81.4 Å². The molecule has 1 aromatic carbocycles. The average molecular weight is 318 g/mol. The number of halogens is 1. The predicted octanol–water partition coefficient (Wildman–Crippen LogP) is 0.917. The molecule has 1 fully saturated rings. The van der Waals surface area contributed by atoms with Gasteiger partial charge in [0.25, 0.3) is 0 Å². The molecule has 2 rings (SSSR count). The number of hydrogen-bond donors (Lipinski definition) is 2. The van der Waals surface area contributed by atoms with E-state index in [9.17, 15) is 12.8 Å². The number of nitrogens with one attached hydrogen (secondary N) is 1.